The van der Waals surface area contributed by atoms with Crippen molar-refractivity contribution in [3.05, 3.63) is 36.5 Å². The van der Waals surface area contributed by atoms with Crippen molar-refractivity contribution in [2.45, 2.75) is 13.8 Å². The van der Waals surface area contributed by atoms with Crippen LogP contribution in [0.15, 0.2) is 36.5 Å². The van der Waals surface area contributed by atoms with Gasteiger partial charge in [0.1, 0.15) is 0 Å². The summed E-state index contributed by atoms with van der Waals surface area (Å²) in [5.74, 6) is 1.65. The molecule has 0 radical (unpaired) electrons. The predicted octanol–water partition coefficient (Wildman–Crippen LogP) is 2.04. The van der Waals surface area contributed by atoms with Gasteiger partial charge in [0.2, 0.25) is 5.95 Å². The molecule has 0 amide bonds. The van der Waals surface area contributed by atoms with Crippen LogP contribution in [-0.4, -0.2) is 54.4 Å². The summed E-state index contributed by atoms with van der Waals surface area (Å²) in [6.45, 7) is 9.89. The Kier molecular flexibility index (Phi) is 4.90. The minimum Gasteiger partial charge on any atom is -0.368 e. The number of rotatable bonds is 5. The molecule has 1 aromatic heterocycles. The van der Waals surface area contributed by atoms with Crippen molar-refractivity contribution in [2.75, 3.05) is 54.0 Å². The lowest BCUT2D eigenvalue weighted by Gasteiger charge is -2.36. The highest BCUT2D eigenvalue weighted by molar-refractivity contribution is 5.49. The molecule has 122 valence electrons. The molecule has 6 nitrogen and oxygen atoms in total. The van der Waals surface area contributed by atoms with Crippen LogP contribution in [0.25, 0.3) is 0 Å². The number of benzene rings is 1. The van der Waals surface area contributed by atoms with E-state index in [0.29, 0.717) is 0 Å². The van der Waals surface area contributed by atoms with E-state index in [2.05, 4.69) is 69.1 Å². The molecule has 1 saturated heterocycles. The molecular formula is C17H24N6. The summed E-state index contributed by atoms with van der Waals surface area (Å²) in [4.78, 5) is 11.5. The number of aromatic nitrogens is 3. The van der Waals surface area contributed by atoms with Gasteiger partial charge in [-0.25, -0.2) is 0 Å². The SMILES string of the molecule is CCN(CC)c1nncc(N2CCN(c3ccccc3)CC2)n1. The fourth-order valence-electron chi connectivity index (χ4n) is 2.91. The van der Waals surface area contributed by atoms with E-state index in [0.717, 1.165) is 51.0 Å². The number of hydrogen-bond donors (Lipinski definition) is 0. The third-order valence-corrected chi connectivity index (χ3v) is 4.31. The molecule has 3 rings (SSSR count). The van der Waals surface area contributed by atoms with Crippen LogP contribution in [0.2, 0.25) is 0 Å². The number of piperazine rings is 1. The summed E-state index contributed by atoms with van der Waals surface area (Å²) < 4.78 is 0. The van der Waals surface area contributed by atoms with E-state index in [1.165, 1.54) is 5.69 Å². The van der Waals surface area contributed by atoms with Gasteiger partial charge in [0.25, 0.3) is 0 Å². The first-order valence-electron chi connectivity index (χ1n) is 8.31. The molecule has 0 atom stereocenters. The topological polar surface area (TPSA) is 48.4 Å². The van der Waals surface area contributed by atoms with E-state index in [4.69, 9.17) is 4.98 Å². The first-order chi connectivity index (χ1) is 11.3. The summed E-state index contributed by atoms with van der Waals surface area (Å²) in [6.07, 6.45) is 1.77. The fourth-order valence-corrected chi connectivity index (χ4v) is 2.91. The van der Waals surface area contributed by atoms with Gasteiger partial charge in [-0.15, -0.1) is 5.10 Å². The van der Waals surface area contributed by atoms with E-state index in [-0.39, 0.29) is 0 Å². The Morgan fingerprint density at radius 1 is 0.957 bits per heavy atom. The van der Waals surface area contributed by atoms with Crippen LogP contribution in [0.1, 0.15) is 13.8 Å². The van der Waals surface area contributed by atoms with Gasteiger partial charge in [0, 0.05) is 45.0 Å². The Labute approximate surface area is 137 Å². The summed E-state index contributed by atoms with van der Waals surface area (Å²) >= 11 is 0. The van der Waals surface area contributed by atoms with Crippen molar-refractivity contribution in [3.8, 4) is 0 Å². The second-order valence-electron chi connectivity index (χ2n) is 5.60. The van der Waals surface area contributed by atoms with Crippen LogP contribution < -0.4 is 14.7 Å². The highest BCUT2D eigenvalue weighted by Gasteiger charge is 2.19. The number of hydrogen-bond acceptors (Lipinski definition) is 6. The quantitative estimate of drug-likeness (QED) is 0.842. The molecule has 0 N–H and O–H groups in total. The van der Waals surface area contributed by atoms with Gasteiger partial charge >= 0.3 is 0 Å². The first-order valence-corrected chi connectivity index (χ1v) is 8.31. The Balaban J connectivity index is 1.67. The molecule has 1 aliphatic rings. The second kappa shape index (κ2) is 7.26. The first kappa shape index (κ1) is 15.5. The van der Waals surface area contributed by atoms with Crippen LogP contribution in [0.5, 0.6) is 0 Å². The molecule has 23 heavy (non-hydrogen) atoms. The molecule has 1 fully saturated rings. The van der Waals surface area contributed by atoms with E-state index < -0.39 is 0 Å². The molecular weight excluding hydrogens is 288 g/mol. The highest BCUT2D eigenvalue weighted by Crippen LogP contribution is 2.19. The Morgan fingerprint density at radius 3 is 2.26 bits per heavy atom. The van der Waals surface area contributed by atoms with Crippen molar-refractivity contribution in [2.24, 2.45) is 0 Å². The van der Waals surface area contributed by atoms with Gasteiger partial charge in [-0.2, -0.15) is 10.1 Å². The maximum Gasteiger partial charge on any atom is 0.247 e. The summed E-state index contributed by atoms with van der Waals surface area (Å²) in [6, 6.07) is 10.6. The average molecular weight is 312 g/mol. The van der Waals surface area contributed by atoms with Crippen molar-refractivity contribution in [1.82, 2.24) is 15.2 Å². The summed E-state index contributed by atoms with van der Waals surface area (Å²) in [7, 11) is 0. The van der Waals surface area contributed by atoms with Crippen LogP contribution in [0.3, 0.4) is 0 Å². The van der Waals surface area contributed by atoms with Gasteiger partial charge in [0.05, 0.1) is 6.20 Å². The molecule has 0 unspecified atom stereocenters. The minimum atomic E-state index is 0.720. The van der Waals surface area contributed by atoms with Crippen molar-refractivity contribution in [3.63, 3.8) is 0 Å². The second-order valence-corrected chi connectivity index (χ2v) is 5.60. The van der Waals surface area contributed by atoms with Crippen LogP contribution in [-0.2, 0) is 0 Å². The molecule has 2 aromatic rings. The van der Waals surface area contributed by atoms with Gasteiger partial charge in [0.15, 0.2) is 5.82 Å². The zero-order chi connectivity index (χ0) is 16.1. The number of para-hydroxylation sites is 1. The zero-order valence-corrected chi connectivity index (χ0v) is 13.9. The summed E-state index contributed by atoms with van der Waals surface area (Å²) in [5, 5.41) is 8.31. The third-order valence-electron chi connectivity index (χ3n) is 4.31. The number of anilines is 3. The fraction of sp³-hybridized carbons (Fsp3) is 0.471. The van der Waals surface area contributed by atoms with E-state index >= 15 is 0 Å². The Hall–Kier alpha value is -2.37. The average Bonchev–Trinajstić information content (AvgIpc) is 2.64. The lowest BCUT2D eigenvalue weighted by atomic mass is 10.2. The van der Waals surface area contributed by atoms with Crippen molar-refractivity contribution < 1.29 is 0 Å². The van der Waals surface area contributed by atoms with Crippen molar-refractivity contribution >= 4 is 17.5 Å². The largest absolute Gasteiger partial charge is 0.368 e. The smallest absolute Gasteiger partial charge is 0.247 e. The predicted molar refractivity (Wildman–Crippen MR) is 94.3 cm³/mol. The van der Waals surface area contributed by atoms with Gasteiger partial charge in [-0.05, 0) is 26.0 Å². The molecule has 1 aromatic carbocycles. The summed E-state index contributed by atoms with van der Waals surface area (Å²) in [5.41, 5.74) is 1.29. The van der Waals surface area contributed by atoms with Gasteiger partial charge in [-0.3, -0.25) is 0 Å². The van der Waals surface area contributed by atoms with Crippen molar-refractivity contribution in [1.29, 1.82) is 0 Å². The Morgan fingerprint density at radius 2 is 1.61 bits per heavy atom. The highest BCUT2D eigenvalue weighted by atomic mass is 15.4. The molecule has 6 heteroatoms. The van der Waals surface area contributed by atoms with Crippen LogP contribution >= 0.6 is 0 Å². The van der Waals surface area contributed by atoms with Crippen LogP contribution in [0, 0.1) is 0 Å². The van der Waals surface area contributed by atoms with E-state index in [9.17, 15) is 0 Å². The number of nitrogens with zero attached hydrogens (tertiary/aromatic N) is 6. The van der Waals surface area contributed by atoms with E-state index in [1.54, 1.807) is 6.20 Å². The maximum absolute atomic E-state index is 4.70. The van der Waals surface area contributed by atoms with E-state index in [1.807, 2.05) is 0 Å². The molecule has 0 aliphatic carbocycles. The maximum atomic E-state index is 4.70. The molecule has 1 aliphatic heterocycles. The lowest BCUT2D eigenvalue weighted by molar-refractivity contribution is 0.642. The van der Waals surface area contributed by atoms with Gasteiger partial charge < -0.3 is 14.7 Å². The van der Waals surface area contributed by atoms with Crippen LogP contribution in [0.4, 0.5) is 17.5 Å². The monoisotopic (exact) mass is 312 g/mol. The third kappa shape index (κ3) is 3.52. The standard InChI is InChI=1S/C17H24N6/c1-3-21(4-2)17-19-16(14-18-20-17)23-12-10-22(11-13-23)15-8-6-5-7-9-15/h5-9,14H,3-4,10-13H2,1-2H3. The van der Waals surface area contributed by atoms with Gasteiger partial charge in [-0.1, -0.05) is 18.2 Å². The zero-order valence-electron chi connectivity index (χ0n) is 13.9. The molecule has 0 spiro atoms. The molecule has 2 heterocycles. The minimum absolute atomic E-state index is 0.720. The molecule has 0 bridgehead atoms. The lowest BCUT2D eigenvalue weighted by Crippen LogP contribution is -2.47. The Bertz CT molecular complexity index is 605. The normalized spacial score (nSPS) is 14.9. The molecule has 0 saturated carbocycles.